The van der Waals surface area contributed by atoms with Crippen LogP contribution in [0.5, 0.6) is 0 Å². The summed E-state index contributed by atoms with van der Waals surface area (Å²) in [5.74, 6) is -0.975. The topological polar surface area (TPSA) is 83.5 Å². The zero-order chi connectivity index (χ0) is 20.5. The van der Waals surface area contributed by atoms with Crippen LogP contribution in [0.3, 0.4) is 0 Å². The quantitative estimate of drug-likeness (QED) is 0.245. The van der Waals surface area contributed by atoms with Crippen LogP contribution >= 0.6 is 0 Å². The highest BCUT2D eigenvalue weighted by Gasteiger charge is 1.97. The lowest BCUT2D eigenvalue weighted by molar-refractivity contribution is -0.142. The van der Waals surface area contributed by atoms with Crippen molar-refractivity contribution in [1.29, 1.82) is 0 Å². The van der Waals surface area contributed by atoms with Gasteiger partial charge >= 0.3 is 5.97 Å². The van der Waals surface area contributed by atoms with Gasteiger partial charge in [0, 0.05) is 6.61 Å². The molecule has 0 aromatic rings. The summed E-state index contributed by atoms with van der Waals surface area (Å²) in [5, 5.41) is 8.38. The van der Waals surface area contributed by atoms with Gasteiger partial charge in [-0.05, 0) is 6.42 Å². The number of carbonyl (C=O) groups is 1. The Balaban J connectivity index is 2.99. The van der Waals surface area contributed by atoms with Crippen LogP contribution in [0.4, 0.5) is 0 Å². The van der Waals surface area contributed by atoms with E-state index in [1.807, 2.05) is 0 Å². The van der Waals surface area contributed by atoms with Gasteiger partial charge in [-0.15, -0.1) is 0 Å². The highest BCUT2D eigenvalue weighted by molar-refractivity contribution is 5.67. The Kier molecular flexibility index (Phi) is 23.7. The molecular weight excluding hydrogens is 364 g/mol. The molecule has 0 radical (unpaired) electrons. The highest BCUT2D eigenvalue weighted by Crippen LogP contribution is 2.09. The molecule has 0 rings (SSSR count). The van der Waals surface area contributed by atoms with E-state index in [0.717, 1.165) is 13.0 Å². The fourth-order valence-electron chi connectivity index (χ4n) is 2.55. The number of hydrogen-bond donors (Lipinski definition) is 1. The van der Waals surface area contributed by atoms with Crippen molar-refractivity contribution in [2.24, 2.45) is 0 Å². The molecule has 0 saturated heterocycles. The van der Waals surface area contributed by atoms with Crippen molar-refractivity contribution in [1.82, 2.24) is 0 Å². The average molecular weight is 407 g/mol. The van der Waals surface area contributed by atoms with Crippen molar-refractivity contribution in [3.63, 3.8) is 0 Å². The van der Waals surface area contributed by atoms with Crippen LogP contribution in [-0.4, -0.2) is 77.1 Å². The molecule has 0 aromatic heterocycles. The van der Waals surface area contributed by atoms with E-state index in [4.69, 9.17) is 28.8 Å². The molecule has 0 spiro atoms. The summed E-state index contributed by atoms with van der Waals surface area (Å²) in [5.41, 5.74) is 0. The molecule has 0 atom stereocenters. The second-order valence-electron chi connectivity index (χ2n) is 6.72. The van der Waals surface area contributed by atoms with Crippen molar-refractivity contribution in [3.05, 3.63) is 0 Å². The van der Waals surface area contributed by atoms with Gasteiger partial charge in [-0.3, -0.25) is 0 Å². The Hall–Kier alpha value is -0.730. The molecule has 0 bridgehead atoms. The normalized spacial score (nSPS) is 11.2. The molecule has 0 aliphatic carbocycles. The van der Waals surface area contributed by atoms with Crippen LogP contribution in [0.2, 0.25) is 0 Å². The number of ether oxygens (including phenoxy) is 5. The largest absolute Gasteiger partial charge is 0.480 e. The number of carboxylic acids is 1. The Bertz CT molecular complexity index is 313. The first-order chi connectivity index (χ1) is 13.8. The lowest BCUT2D eigenvalue weighted by atomic mass is 10.1. The lowest BCUT2D eigenvalue weighted by Gasteiger charge is -2.07. The van der Waals surface area contributed by atoms with E-state index >= 15 is 0 Å². The predicted molar refractivity (Wildman–Crippen MR) is 109 cm³/mol. The van der Waals surface area contributed by atoms with Gasteiger partial charge in [-0.1, -0.05) is 58.3 Å². The predicted octanol–water partition coefficient (Wildman–Crippen LogP) is 3.68. The molecule has 0 fully saturated rings. The second kappa shape index (κ2) is 24.3. The molecule has 7 heteroatoms. The summed E-state index contributed by atoms with van der Waals surface area (Å²) >= 11 is 0. The van der Waals surface area contributed by atoms with Crippen LogP contribution in [0.1, 0.15) is 64.7 Å². The van der Waals surface area contributed by atoms with Crippen LogP contribution in [0.15, 0.2) is 0 Å². The lowest BCUT2D eigenvalue weighted by Crippen LogP contribution is -2.14. The van der Waals surface area contributed by atoms with Gasteiger partial charge in [0.2, 0.25) is 0 Å². The fourth-order valence-corrected chi connectivity index (χ4v) is 2.55. The molecule has 28 heavy (non-hydrogen) atoms. The molecule has 7 nitrogen and oxygen atoms in total. The number of unbranched alkanes of at least 4 members (excludes halogenated alkanes) is 8. The van der Waals surface area contributed by atoms with E-state index < -0.39 is 5.97 Å². The average Bonchev–Trinajstić information content (AvgIpc) is 2.68. The van der Waals surface area contributed by atoms with E-state index in [1.54, 1.807) is 0 Å². The standard InChI is InChI=1S/C21H42O7/c1-2-3-4-5-6-7-8-9-10-11-24-12-13-25-14-15-26-16-17-27-18-19-28-20-21(22)23/h2-20H2,1H3,(H,22,23). The minimum absolute atomic E-state index is 0.272. The first-order valence-corrected chi connectivity index (χ1v) is 10.9. The first kappa shape index (κ1) is 27.3. The van der Waals surface area contributed by atoms with E-state index in [1.165, 1.54) is 51.4 Å². The molecule has 0 aliphatic heterocycles. The summed E-state index contributed by atoms with van der Waals surface area (Å²) < 4.78 is 26.5. The Labute approximate surface area is 171 Å². The van der Waals surface area contributed by atoms with E-state index in [-0.39, 0.29) is 13.2 Å². The second-order valence-corrected chi connectivity index (χ2v) is 6.72. The molecular formula is C21H42O7. The molecule has 168 valence electrons. The zero-order valence-electron chi connectivity index (χ0n) is 17.8. The minimum Gasteiger partial charge on any atom is -0.480 e. The monoisotopic (exact) mass is 406 g/mol. The summed E-state index contributed by atoms with van der Waals surface area (Å²) in [4.78, 5) is 10.2. The molecule has 0 unspecified atom stereocenters. The fraction of sp³-hybridized carbons (Fsp3) is 0.952. The Morgan fingerprint density at radius 2 is 0.893 bits per heavy atom. The summed E-state index contributed by atoms with van der Waals surface area (Å²) in [6.45, 7) is 6.66. The van der Waals surface area contributed by atoms with Gasteiger partial charge in [-0.25, -0.2) is 4.79 Å². The SMILES string of the molecule is CCCCCCCCCCCOCCOCCOCCOCCOCC(=O)O. The van der Waals surface area contributed by atoms with E-state index in [9.17, 15) is 4.79 Å². The first-order valence-electron chi connectivity index (χ1n) is 10.9. The number of rotatable bonds is 24. The van der Waals surface area contributed by atoms with Crippen molar-refractivity contribution < 1.29 is 33.6 Å². The third-order valence-electron chi connectivity index (χ3n) is 4.11. The number of aliphatic carboxylic acids is 1. The van der Waals surface area contributed by atoms with Gasteiger partial charge in [-0.2, -0.15) is 0 Å². The number of hydrogen-bond acceptors (Lipinski definition) is 6. The van der Waals surface area contributed by atoms with E-state index in [0.29, 0.717) is 46.2 Å². The van der Waals surface area contributed by atoms with Crippen LogP contribution in [-0.2, 0) is 28.5 Å². The van der Waals surface area contributed by atoms with Crippen molar-refractivity contribution in [2.45, 2.75) is 64.7 Å². The molecule has 0 aliphatic rings. The molecule has 0 saturated carbocycles. The molecule has 1 N–H and O–H groups in total. The van der Waals surface area contributed by atoms with E-state index in [2.05, 4.69) is 6.92 Å². The van der Waals surface area contributed by atoms with Crippen LogP contribution in [0.25, 0.3) is 0 Å². The van der Waals surface area contributed by atoms with Gasteiger partial charge in [0.05, 0.1) is 52.9 Å². The van der Waals surface area contributed by atoms with Gasteiger partial charge in [0.1, 0.15) is 6.61 Å². The van der Waals surface area contributed by atoms with Crippen molar-refractivity contribution in [2.75, 3.05) is 66.1 Å². The van der Waals surface area contributed by atoms with Gasteiger partial charge in [0.25, 0.3) is 0 Å². The maximum atomic E-state index is 10.2. The van der Waals surface area contributed by atoms with Gasteiger partial charge < -0.3 is 28.8 Å². The number of carboxylic acid groups (broad SMARTS) is 1. The van der Waals surface area contributed by atoms with Crippen LogP contribution < -0.4 is 0 Å². The zero-order valence-corrected chi connectivity index (χ0v) is 17.8. The van der Waals surface area contributed by atoms with Crippen molar-refractivity contribution in [3.8, 4) is 0 Å². The maximum absolute atomic E-state index is 10.2. The molecule has 0 amide bonds. The maximum Gasteiger partial charge on any atom is 0.329 e. The molecule has 0 aromatic carbocycles. The third-order valence-corrected chi connectivity index (χ3v) is 4.11. The summed E-state index contributed by atoms with van der Waals surface area (Å²) in [7, 11) is 0. The third kappa shape index (κ3) is 25.3. The Morgan fingerprint density at radius 3 is 1.32 bits per heavy atom. The molecule has 0 heterocycles. The van der Waals surface area contributed by atoms with Crippen LogP contribution in [0, 0.1) is 0 Å². The van der Waals surface area contributed by atoms with Crippen molar-refractivity contribution >= 4 is 5.97 Å². The summed E-state index contributed by atoms with van der Waals surface area (Å²) in [6.07, 6.45) is 11.9. The minimum atomic E-state index is -0.975. The smallest absolute Gasteiger partial charge is 0.329 e. The Morgan fingerprint density at radius 1 is 0.536 bits per heavy atom. The summed E-state index contributed by atoms with van der Waals surface area (Å²) in [6, 6.07) is 0. The van der Waals surface area contributed by atoms with Gasteiger partial charge in [0.15, 0.2) is 0 Å². The highest BCUT2D eigenvalue weighted by atomic mass is 16.6.